The summed E-state index contributed by atoms with van der Waals surface area (Å²) in [5.74, 6) is 0.160. The van der Waals surface area contributed by atoms with Crippen LogP contribution in [0.1, 0.15) is 19.3 Å². The van der Waals surface area contributed by atoms with Crippen LogP contribution in [0.4, 0.5) is 0 Å². The molecule has 2 heterocycles. The van der Waals surface area contributed by atoms with Crippen molar-refractivity contribution in [1.29, 1.82) is 0 Å². The van der Waals surface area contributed by atoms with Gasteiger partial charge in [0.15, 0.2) is 0 Å². The van der Waals surface area contributed by atoms with Gasteiger partial charge in [0, 0.05) is 26.1 Å². The smallest absolute Gasteiger partial charge is 0.250 e. The van der Waals surface area contributed by atoms with Crippen LogP contribution in [0.2, 0.25) is 4.34 Å². The van der Waals surface area contributed by atoms with E-state index >= 15 is 0 Å². The molecular formula is C11H15ClN2O3S2. The van der Waals surface area contributed by atoms with E-state index in [0.29, 0.717) is 30.3 Å². The van der Waals surface area contributed by atoms with E-state index in [9.17, 15) is 13.2 Å². The molecule has 0 unspecified atom stereocenters. The van der Waals surface area contributed by atoms with Crippen LogP contribution in [0.25, 0.3) is 0 Å². The minimum absolute atomic E-state index is 0.160. The van der Waals surface area contributed by atoms with Gasteiger partial charge in [0.2, 0.25) is 15.9 Å². The fraction of sp³-hybridized carbons (Fsp3) is 0.545. The third kappa shape index (κ3) is 3.92. The highest BCUT2D eigenvalue weighted by Crippen LogP contribution is 2.25. The monoisotopic (exact) mass is 322 g/mol. The first-order valence-electron chi connectivity index (χ1n) is 6.02. The maximum Gasteiger partial charge on any atom is 0.250 e. The molecule has 1 amide bonds. The van der Waals surface area contributed by atoms with Gasteiger partial charge < -0.3 is 4.90 Å². The minimum atomic E-state index is -3.47. The van der Waals surface area contributed by atoms with Crippen LogP contribution in [-0.4, -0.2) is 38.9 Å². The molecule has 1 fully saturated rings. The molecule has 1 aromatic rings. The topological polar surface area (TPSA) is 66.5 Å². The molecule has 1 N–H and O–H groups in total. The van der Waals surface area contributed by atoms with Gasteiger partial charge in [0.05, 0.1) is 4.34 Å². The Morgan fingerprint density at radius 2 is 2.21 bits per heavy atom. The maximum absolute atomic E-state index is 11.9. The number of halogens is 1. The first-order chi connectivity index (χ1) is 8.99. The Morgan fingerprint density at radius 1 is 1.42 bits per heavy atom. The lowest BCUT2D eigenvalue weighted by Gasteiger charge is -2.15. The second kappa shape index (κ2) is 6.21. The van der Waals surface area contributed by atoms with E-state index in [2.05, 4.69) is 4.72 Å². The standard InChI is InChI=1S/C11H15ClN2O3S2/c12-9-4-5-11(18-9)19(16,17)13-6-2-8-14-7-1-3-10(14)15/h4-5,13H,1-3,6-8H2. The van der Waals surface area contributed by atoms with E-state index in [1.54, 1.807) is 11.0 Å². The Kier molecular flexibility index (Phi) is 4.83. The lowest BCUT2D eigenvalue weighted by atomic mass is 10.4. The molecule has 1 aromatic heterocycles. The molecule has 0 bridgehead atoms. The average molecular weight is 323 g/mol. The Morgan fingerprint density at radius 3 is 2.79 bits per heavy atom. The summed E-state index contributed by atoms with van der Waals surface area (Å²) in [4.78, 5) is 13.1. The van der Waals surface area contributed by atoms with Crippen LogP contribution in [0.15, 0.2) is 16.3 Å². The summed E-state index contributed by atoms with van der Waals surface area (Å²) in [6.45, 7) is 1.71. The van der Waals surface area contributed by atoms with E-state index < -0.39 is 10.0 Å². The zero-order valence-electron chi connectivity index (χ0n) is 10.3. The molecule has 5 nitrogen and oxygen atoms in total. The van der Waals surface area contributed by atoms with Gasteiger partial charge in [-0.15, -0.1) is 11.3 Å². The highest BCUT2D eigenvalue weighted by Gasteiger charge is 2.20. The number of sulfonamides is 1. The van der Waals surface area contributed by atoms with Crippen molar-refractivity contribution in [3.8, 4) is 0 Å². The minimum Gasteiger partial charge on any atom is -0.343 e. The summed E-state index contributed by atoms with van der Waals surface area (Å²) in [7, 11) is -3.47. The van der Waals surface area contributed by atoms with Crippen LogP contribution < -0.4 is 4.72 Å². The van der Waals surface area contributed by atoms with Crippen LogP contribution in [-0.2, 0) is 14.8 Å². The summed E-state index contributed by atoms with van der Waals surface area (Å²) in [6, 6.07) is 3.04. The zero-order valence-corrected chi connectivity index (χ0v) is 12.7. The third-order valence-corrected chi connectivity index (χ3v) is 6.07. The molecule has 1 saturated heterocycles. The number of amides is 1. The molecule has 0 aliphatic carbocycles. The fourth-order valence-corrected chi connectivity index (χ4v) is 4.53. The number of hydrogen-bond donors (Lipinski definition) is 1. The number of hydrogen-bond acceptors (Lipinski definition) is 4. The van der Waals surface area contributed by atoms with Crippen molar-refractivity contribution in [3.05, 3.63) is 16.5 Å². The number of carbonyl (C=O) groups is 1. The number of nitrogens with zero attached hydrogens (tertiary/aromatic N) is 1. The van der Waals surface area contributed by atoms with Crippen molar-refractivity contribution in [2.24, 2.45) is 0 Å². The van der Waals surface area contributed by atoms with Gasteiger partial charge in [-0.1, -0.05) is 11.6 Å². The van der Waals surface area contributed by atoms with Crippen LogP contribution in [0, 0.1) is 0 Å². The molecule has 0 radical (unpaired) electrons. The maximum atomic E-state index is 11.9. The van der Waals surface area contributed by atoms with E-state index in [0.717, 1.165) is 24.3 Å². The summed E-state index contributed by atoms with van der Waals surface area (Å²) >= 11 is 6.74. The third-order valence-electron chi connectivity index (χ3n) is 2.88. The predicted molar refractivity (Wildman–Crippen MR) is 74.9 cm³/mol. The molecule has 0 saturated carbocycles. The number of thiophene rings is 1. The van der Waals surface area contributed by atoms with E-state index in [-0.39, 0.29) is 10.1 Å². The van der Waals surface area contributed by atoms with Crippen molar-refractivity contribution in [2.75, 3.05) is 19.6 Å². The molecule has 0 aromatic carbocycles. The molecular weight excluding hydrogens is 308 g/mol. The van der Waals surface area contributed by atoms with Crippen LogP contribution >= 0.6 is 22.9 Å². The van der Waals surface area contributed by atoms with Gasteiger partial charge in [0.1, 0.15) is 4.21 Å². The average Bonchev–Trinajstić information content (AvgIpc) is 2.94. The molecule has 0 atom stereocenters. The first-order valence-corrected chi connectivity index (χ1v) is 8.69. The van der Waals surface area contributed by atoms with E-state index in [4.69, 9.17) is 11.6 Å². The summed E-state index contributed by atoms with van der Waals surface area (Å²) in [6.07, 6.45) is 2.13. The molecule has 8 heteroatoms. The summed E-state index contributed by atoms with van der Waals surface area (Å²) < 4.78 is 26.9. The van der Waals surface area contributed by atoms with Crippen molar-refractivity contribution < 1.29 is 13.2 Å². The fourth-order valence-electron chi connectivity index (χ4n) is 1.93. The molecule has 106 valence electrons. The Bertz CT molecular complexity index is 556. The first kappa shape index (κ1) is 14.8. The van der Waals surface area contributed by atoms with Gasteiger partial charge >= 0.3 is 0 Å². The van der Waals surface area contributed by atoms with Crippen molar-refractivity contribution in [3.63, 3.8) is 0 Å². The largest absolute Gasteiger partial charge is 0.343 e. The molecule has 0 spiro atoms. The molecule has 2 rings (SSSR count). The lowest BCUT2D eigenvalue weighted by Crippen LogP contribution is -2.30. The van der Waals surface area contributed by atoms with Gasteiger partial charge in [-0.2, -0.15) is 0 Å². The van der Waals surface area contributed by atoms with Crippen molar-refractivity contribution >= 4 is 38.9 Å². The summed E-state index contributed by atoms with van der Waals surface area (Å²) in [5, 5.41) is 0. The second-order valence-corrected chi connectivity index (χ2v) is 8.00. The van der Waals surface area contributed by atoms with E-state index in [1.165, 1.54) is 6.07 Å². The van der Waals surface area contributed by atoms with Crippen molar-refractivity contribution in [2.45, 2.75) is 23.5 Å². The molecule has 1 aliphatic heterocycles. The normalized spacial score (nSPS) is 16.3. The van der Waals surface area contributed by atoms with E-state index in [1.807, 2.05) is 0 Å². The number of nitrogens with one attached hydrogen (secondary N) is 1. The van der Waals surface area contributed by atoms with Gasteiger partial charge in [-0.05, 0) is 25.0 Å². The highest BCUT2D eigenvalue weighted by molar-refractivity contribution is 7.91. The van der Waals surface area contributed by atoms with Gasteiger partial charge in [0.25, 0.3) is 0 Å². The summed E-state index contributed by atoms with van der Waals surface area (Å²) in [5.41, 5.74) is 0. The molecule has 1 aliphatic rings. The van der Waals surface area contributed by atoms with Crippen molar-refractivity contribution in [1.82, 2.24) is 9.62 Å². The number of carbonyl (C=O) groups excluding carboxylic acids is 1. The number of likely N-dealkylation sites (tertiary alicyclic amines) is 1. The highest BCUT2D eigenvalue weighted by atomic mass is 35.5. The van der Waals surface area contributed by atoms with Crippen LogP contribution in [0.3, 0.4) is 0 Å². The Hall–Kier alpha value is -0.630. The second-order valence-electron chi connectivity index (χ2n) is 4.29. The van der Waals surface area contributed by atoms with Gasteiger partial charge in [-0.3, -0.25) is 4.79 Å². The molecule has 19 heavy (non-hydrogen) atoms. The van der Waals surface area contributed by atoms with Crippen LogP contribution in [0.5, 0.6) is 0 Å². The Labute approximate surface area is 121 Å². The zero-order chi connectivity index (χ0) is 13.9. The number of rotatable bonds is 6. The van der Waals surface area contributed by atoms with Gasteiger partial charge in [-0.25, -0.2) is 13.1 Å². The quantitative estimate of drug-likeness (QED) is 0.811. The SMILES string of the molecule is O=C1CCCN1CCCNS(=O)(=O)c1ccc(Cl)s1. The predicted octanol–water partition coefficient (Wildman–Crippen LogP) is 1.69. The lowest BCUT2D eigenvalue weighted by molar-refractivity contribution is -0.127. The Balaban J connectivity index is 1.77.